The Kier molecular flexibility index (Phi) is 4.13. The van der Waals surface area contributed by atoms with Crippen molar-refractivity contribution in [3.8, 4) is 0 Å². The van der Waals surface area contributed by atoms with Gasteiger partial charge < -0.3 is 9.73 Å². The molecule has 2 aromatic carbocycles. The maximum absolute atomic E-state index is 11.3. The lowest BCUT2D eigenvalue weighted by Crippen LogP contribution is -1.94. The van der Waals surface area contributed by atoms with Crippen molar-refractivity contribution in [2.24, 2.45) is 0 Å². The van der Waals surface area contributed by atoms with Crippen molar-refractivity contribution in [1.82, 2.24) is 4.98 Å². The van der Waals surface area contributed by atoms with Crippen LogP contribution in [0.4, 0.5) is 5.69 Å². The van der Waals surface area contributed by atoms with E-state index < -0.39 is 0 Å². The van der Waals surface area contributed by atoms with E-state index in [0.717, 1.165) is 0 Å². The molecule has 6 heteroatoms. The van der Waals surface area contributed by atoms with E-state index in [1.807, 2.05) is 18.2 Å². The standard InChI is InChI=1S/C16H10Cl2N2O2/c17-11-4-3-6-13(15(11)18)19-8-10(9-21)16-20-12-5-1-2-7-14(12)22-16/h1-9,19H/b10-8+. The van der Waals surface area contributed by atoms with E-state index in [4.69, 9.17) is 27.6 Å². The van der Waals surface area contributed by atoms with Gasteiger partial charge in [-0.25, -0.2) is 4.98 Å². The van der Waals surface area contributed by atoms with Gasteiger partial charge in [-0.05, 0) is 24.3 Å². The normalized spacial score (nSPS) is 11.6. The predicted octanol–water partition coefficient (Wildman–Crippen LogP) is 4.79. The van der Waals surface area contributed by atoms with Gasteiger partial charge in [-0.2, -0.15) is 0 Å². The SMILES string of the molecule is O=C/C(=C\Nc1cccc(Cl)c1Cl)c1nc2ccccc2o1. The van der Waals surface area contributed by atoms with Crippen LogP contribution in [0.1, 0.15) is 5.89 Å². The molecule has 0 aliphatic carbocycles. The van der Waals surface area contributed by atoms with Crippen molar-refractivity contribution in [2.75, 3.05) is 5.32 Å². The van der Waals surface area contributed by atoms with Gasteiger partial charge in [0.1, 0.15) is 5.52 Å². The van der Waals surface area contributed by atoms with Crippen LogP contribution < -0.4 is 5.32 Å². The van der Waals surface area contributed by atoms with Crippen molar-refractivity contribution in [3.05, 3.63) is 64.6 Å². The minimum absolute atomic E-state index is 0.238. The van der Waals surface area contributed by atoms with Crippen molar-refractivity contribution >= 4 is 51.8 Å². The van der Waals surface area contributed by atoms with Gasteiger partial charge in [0.25, 0.3) is 0 Å². The van der Waals surface area contributed by atoms with E-state index in [1.54, 1.807) is 24.3 Å². The smallest absolute Gasteiger partial charge is 0.232 e. The molecule has 0 spiro atoms. The summed E-state index contributed by atoms with van der Waals surface area (Å²) in [5, 5.41) is 3.74. The number of aromatic nitrogens is 1. The van der Waals surface area contributed by atoms with Gasteiger partial charge in [-0.1, -0.05) is 41.4 Å². The summed E-state index contributed by atoms with van der Waals surface area (Å²) < 4.78 is 5.55. The fourth-order valence-corrected chi connectivity index (χ4v) is 2.27. The fourth-order valence-electron chi connectivity index (χ4n) is 1.91. The van der Waals surface area contributed by atoms with Crippen molar-refractivity contribution in [1.29, 1.82) is 0 Å². The summed E-state index contributed by atoms with van der Waals surface area (Å²) in [7, 11) is 0. The minimum Gasteiger partial charge on any atom is -0.436 e. The molecule has 1 heterocycles. The van der Waals surface area contributed by atoms with E-state index in [-0.39, 0.29) is 11.5 Å². The second-order valence-corrected chi connectivity index (χ2v) is 5.24. The molecule has 0 saturated carbocycles. The van der Waals surface area contributed by atoms with Crippen LogP contribution in [-0.4, -0.2) is 11.3 Å². The molecule has 4 nitrogen and oxygen atoms in total. The highest BCUT2D eigenvalue weighted by molar-refractivity contribution is 6.43. The van der Waals surface area contributed by atoms with Gasteiger partial charge in [-0.3, -0.25) is 4.79 Å². The van der Waals surface area contributed by atoms with Crippen molar-refractivity contribution in [3.63, 3.8) is 0 Å². The first-order valence-corrected chi connectivity index (χ1v) is 7.16. The average molecular weight is 333 g/mol. The van der Waals surface area contributed by atoms with Crippen molar-refractivity contribution < 1.29 is 9.21 Å². The second-order valence-electron chi connectivity index (χ2n) is 4.45. The number of hydrogen-bond donors (Lipinski definition) is 1. The highest BCUT2D eigenvalue weighted by atomic mass is 35.5. The molecule has 0 amide bonds. The van der Waals surface area contributed by atoms with Gasteiger partial charge in [-0.15, -0.1) is 0 Å². The van der Waals surface area contributed by atoms with E-state index in [2.05, 4.69) is 10.3 Å². The number of halogens is 2. The number of nitrogens with one attached hydrogen (secondary N) is 1. The summed E-state index contributed by atoms with van der Waals surface area (Å²) in [6.45, 7) is 0. The number of nitrogens with zero attached hydrogens (tertiary/aromatic N) is 1. The number of aldehydes is 1. The molecular formula is C16H10Cl2N2O2. The number of anilines is 1. The molecule has 0 bridgehead atoms. The van der Waals surface area contributed by atoms with E-state index in [9.17, 15) is 4.79 Å². The molecular weight excluding hydrogens is 323 g/mol. The zero-order valence-electron chi connectivity index (χ0n) is 11.2. The molecule has 22 heavy (non-hydrogen) atoms. The van der Waals surface area contributed by atoms with Crippen LogP contribution in [0.25, 0.3) is 16.7 Å². The van der Waals surface area contributed by atoms with E-state index in [0.29, 0.717) is 33.1 Å². The van der Waals surface area contributed by atoms with E-state index in [1.165, 1.54) is 6.20 Å². The molecule has 0 aliphatic rings. The third-order valence-electron chi connectivity index (χ3n) is 3.00. The largest absolute Gasteiger partial charge is 0.436 e. The van der Waals surface area contributed by atoms with Crippen LogP contribution in [0.15, 0.2) is 53.1 Å². The van der Waals surface area contributed by atoms with Gasteiger partial charge in [0.2, 0.25) is 5.89 Å². The number of para-hydroxylation sites is 2. The van der Waals surface area contributed by atoms with Gasteiger partial charge in [0, 0.05) is 6.20 Å². The zero-order valence-corrected chi connectivity index (χ0v) is 12.7. The summed E-state index contributed by atoms with van der Waals surface area (Å²) in [5.41, 5.74) is 2.16. The van der Waals surface area contributed by atoms with E-state index >= 15 is 0 Å². The topological polar surface area (TPSA) is 55.1 Å². The number of oxazole rings is 1. The zero-order chi connectivity index (χ0) is 15.5. The van der Waals surface area contributed by atoms with Crippen LogP contribution in [0.3, 0.4) is 0 Å². The monoisotopic (exact) mass is 332 g/mol. The molecule has 3 aromatic rings. The summed E-state index contributed by atoms with van der Waals surface area (Å²) in [4.78, 5) is 15.6. The van der Waals surface area contributed by atoms with Crippen molar-refractivity contribution in [2.45, 2.75) is 0 Å². The van der Waals surface area contributed by atoms with Crippen LogP contribution in [0, 0.1) is 0 Å². The lowest BCUT2D eigenvalue weighted by Gasteiger charge is -2.05. The molecule has 0 radical (unpaired) electrons. The Morgan fingerprint density at radius 2 is 1.95 bits per heavy atom. The summed E-state index contributed by atoms with van der Waals surface area (Å²) in [6, 6.07) is 12.5. The first-order valence-electron chi connectivity index (χ1n) is 6.41. The Labute approximate surface area is 136 Å². The quantitative estimate of drug-likeness (QED) is 0.551. The molecule has 3 rings (SSSR count). The summed E-state index contributed by atoms with van der Waals surface area (Å²) in [6.07, 6.45) is 2.14. The number of hydrogen-bond acceptors (Lipinski definition) is 4. The van der Waals surface area contributed by atoms with Gasteiger partial charge in [0.15, 0.2) is 11.9 Å². The first kappa shape index (κ1) is 14.6. The lowest BCUT2D eigenvalue weighted by molar-refractivity contribution is -0.103. The van der Waals surface area contributed by atoms with Crippen LogP contribution in [0.5, 0.6) is 0 Å². The second kappa shape index (κ2) is 6.22. The van der Waals surface area contributed by atoms with Gasteiger partial charge in [0.05, 0.1) is 21.3 Å². The predicted molar refractivity (Wildman–Crippen MR) is 88.1 cm³/mol. The Morgan fingerprint density at radius 1 is 1.14 bits per heavy atom. The number of fused-ring (bicyclic) bond motifs is 1. The fraction of sp³-hybridized carbons (Fsp3) is 0. The Hall–Kier alpha value is -2.30. The third-order valence-corrected chi connectivity index (χ3v) is 3.82. The molecule has 1 aromatic heterocycles. The highest BCUT2D eigenvalue weighted by Crippen LogP contribution is 2.30. The van der Waals surface area contributed by atoms with Crippen LogP contribution in [-0.2, 0) is 4.79 Å². The maximum atomic E-state index is 11.3. The molecule has 0 saturated heterocycles. The number of carbonyl (C=O) groups excluding carboxylic acids is 1. The van der Waals surface area contributed by atoms with Crippen LogP contribution >= 0.6 is 23.2 Å². The first-order chi connectivity index (χ1) is 10.7. The molecule has 0 aliphatic heterocycles. The number of benzene rings is 2. The third kappa shape index (κ3) is 2.84. The highest BCUT2D eigenvalue weighted by Gasteiger charge is 2.10. The summed E-state index contributed by atoms with van der Waals surface area (Å²) in [5.74, 6) is 0.238. The minimum atomic E-state index is 0.238. The van der Waals surface area contributed by atoms with Gasteiger partial charge >= 0.3 is 0 Å². The summed E-state index contributed by atoms with van der Waals surface area (Å²) >= 11 is 12.0. The molecule has 1 N–H and O–H groups in total. The number of allylic oxidation sites excluding steroid dienone is 1. The molecule has 0 atom stereocenters. The average Bonchev–Trinajstić information content (AvgIpc) is 2.95. The Morgan fingerprint density at radius 3 is 2.73 bits per heavy atom. The van der Waals surface area contributed by atoms with Crippen LogP contribution in [0.2, 0.25) is 10.0 Å². The lowest BCUT2D eigenvalue weighted by atomic mass is 10.3. The number of rotatable bonds is 4. The molecule has 0 unspecified atom stereocenters. The molecule has 110 valence electrons. The molecule has 0 fully saturated rings. The number of carbonyl (C=O) groups is 1. The Bertz CT molecular complexity index is 838. The maximum Gasteiger partial charge on any atom is 0.232 e. The Balaban J connectivity index is 1.93.